The molecule has 2 heterocycles. The van der Waals surface area contributed by atoms with Gasteiger partial charge in [0.05, 0.1) is 26.0 Å². The van der Waals surface area contributed by atoms with Crippen LogP contribution < -0.4 is 14.2 Å². The fraction of sp³-hybridized carbons (Fsp3) is 0.208. The van der Waals surface area contributed by atoms with Crippen molar-refractivity contribution in [2.75, 3.05) is 14.2 Å². The Morgan fingerprint density at radius 1 is 0.967 bits per heavy atom. The first-order chi connectivity index (χ1) is 14.7. The zero-order chi connectivity index (χ0) is 20.7. The highest BCUT2D eigenvalue weighted by Gasteiger charge is 2.40. The van der Waals surface area contributed by atoms with Crippen LogP contribution in [-0.4, -0.2) is 24.9 Å². The third-order valence-electron chi connectivity index (χ3n) is 5.57. The van der Waals surface area contributed by atoms with Gasteiger partial charge in [-0.05, 0) is 36.4 Å². The van der Waals surface area contributed by atoms with Gasteiger partial charge in [-0.15, -0.1) is 0 Å². The zero-order valence-electron chi connectivity index (χ0n) is 16.7. The minimum absolute atomic E-state index is 0.117. The summed E-state index contributed by atoms with van der Waals surface area (Å²) in [6.07, 6.45) is 0.513. The topological polar surface area (TPSA) is 43.3 Å². The molecule has 5 nitrogen and oxygen atoms in total. The van der Waals surface area contributed by atoms with Gasteiger partial charge in [-0.1, -0.05) is 46.3 Å². The summed E-state index contributed by atoms with van der Waals surface area (Å²) < 4.78 is 18.3. The first-order valence-corrected chi connectivity index (χ1v) is 10.6. The van der Waals surface area contributed by atoms with E-state index in [1.165, 1.54) is 0 Å². The SMILES string of the molecule is COc1ccc(C2=NN3C(C2)c2ccccc2OC3c2ccc(Br)cc2)cc1OC. The molecular weight excluding hydrogens is 444 g/mol. The largest absolute Gasteiger partial charge is 0.493 e. The Balaban J connectivity index is 1.57. The van der Waals surface area contributed by atoms with Crippen LogP contribution in [-0.2, 0) is 0 Å². The number of ether oxygens (including phenoxy) is 3. The van der Waals surface area contributed by atoms with Crippen molar-refractivity contribution in [3.63, 3.8) is 0 Å². The van der Waals surface area contributed by atoms with Gasteiger partial charge in [-0.2, -0.15) is 5.10 Å². The Kier molecular flexibility index (Phi) is 4.87. The molecule has 0 aromatic heterocycles. The Morgan fingerprint density at radius 3 is 2.50 bits per heavy atom. The van der Waals surface area contributed by atoms with Crippen LogP contribution in [0.25, 0.3) is 0 Å². The predicted octanol–water partition coefficient (Wildman–Crippen LogP) is 5.71. The van der Waals surface area contributed by atoms with E-state index in [0.717, 1.165) is 39.0 Å². The molecule has 0 fully saturated rings. The molecule has 2 unspecified atom stereocenters. The van der Waals surface area contributed by atoms with Crippen molar-refractivity contribution in [3.05, 3.63) is 87.9 Å². The van der Waals surface area contributed by atoms with Crippen molar-refractivity contribution < 1.29 is 14.2 Å². The van der Waals surface area contributed by atoms with Gasteiger partial charge in [0.25, 0.3) is 0 Å². The summed E-state index contributed by atoms with van der Waals surface area (Å²) in [4.78, 5) is 0. The van der Waals surface area contributed by atoms with E-state index >= 15 is 0 Å². The van der Waals surface area contributed by atoms with Gasteiger partial charge >= 0.3 is 0 Å². The number of fused-ring (bicyclic) bond motifs is 3. The van der Waals surface area contributed by atoms with E-state index in [1.807, 2.05) is 42.5 Å². The van der Waals surface area contributed by atoms with E-state index in [9.17, 15) is 0 Å². The molecule has 0 saturated heterocycles. The van der Waals surface area contributed by atoms with Crippen LogP contribution in [0.2, 0.25) is 0 Å². The number of halogens is 1. The number of hydrogen-bond donors (Lipinski definition) is 0. The predicted molar refractivity (Wildman–Crippen MR) is 119 cm³/mol. The summed E-state index contributed by atoms with van der Waals surface area (Å²) in [5.74, 6) is 2.32. The Labute approximate surface area is 184 Å². The Morgan fingerprint density at radius 2 is 1.73 bits per heavy atom. The van der Waals surface area contributed by atoms with Crippen molar-refractivity contribution in [1.82, 2.24) is 5.01 Å². The van der Waals surface area contributed by atoms with Crippen LogP contribution in [0.4, 0.5) is 0 Å². The molecule has 30 heavy (non-hydrogen) atoms. The van der Waals surface area contributed by atoms with Crippen molar-refractivity contribution in [2.24, 2.45) is 5.10 Å². The third-order valence-corrected chi connectivity index (χ3v) is 6.10. The van der Waals surface area contributed by atoms with Gasteiger partial charge in [-0.25, -0.2) is 5.01 Å². The lowest BCUT2D eigenvalue weighted by molar-refractivity contribution is -0.0190. The molecule has 0 radical (unpaired) electrons. The molecule has 0 saturated carbocycles. The molecule has 2 aliphatic rings. The summed E-state index contributed by atoms with van der Waals surface area (Å²) in [7, 11) is 3.29. The quantitative estimate of drug-likeness (QED) is 0.495. The van der Waals surface area contributed by atoms with Crippen molar-refractivity contribution >= 4 is 21.6 Å². The molecule has 0 N–H and O–H groups in total. The molecular formula is C24H21BrN2O3. The van der Waals surface area contributed by atoms with Crippen LogP contribution in [0, 0.1) is 0 Å². The molecule has 152 valence electrons. The Hall–Kier alpha value is -2.99. The van der Waals surface area contributed by atoms with E-state index < -0.39 is 0 Å². The van der Waals surface area contributed by atoms with E-state index in [0.29, 0.717) is 11.5 Å². The van der Waals surface area contributed by atoms with Gasteiger partial charge < -0.3 is 14.2 Å². The second kappa shape index (κ2) is 7.69. The van der Waals surface area contributed by atoms with Gasteiger partial charge in [-0.3, -0.25) is 0 Å². The van der Waals surface area contributed by atoms with E-state index in [2.05, 4.69) is 45.2 Å². The smallest absolute Gasteiger partial charge is 0.213 e. The minimum atomic E-state index is -0.282. The summed E-state index contributed by atoms with van der Waals surface area (Å²) >= 11 is 3.51. The molecule has 2 atom stereocenters. The summed E-state index contributed by atoms with van der Waals surface area (Å²) in [6.45, 7) is 0. The number of rotatable bonds is 4. The maximum atomic E-state index is 6.40. The highest BCUT2D eigenvalue weighted by Crippen LogP contribution is 2.47. The monoisotopic (exact) mass is 464 g/mol. The molecule has 5 rings (SSSR count). The second-order valence-corrected chi connectivity index (χ2v) is 8.19. The maximum Gasteiger partial charge on any atom is 0.213 e. The highest BCUT2D eigenvalue weighted by atomic mass is 79.9. The van der Waals surface area contributed by atoms with Crippen molar-refractivity contribution in [3.8, 4) is 17.2 Å². The van der Waals surface area contributed by atoms with Gasteiger partial charge in [0.2, 0.25) is 6.23 Å². The lowest BCUT2D eigenvalue weighted by Crippen LogP contribution is -2.33. The fourth-order valence-corrected chi connectivity index (χ4v) is 4.34. The Bertz CT molecular complexity index is 1110. The van der Waals surface area contributed by atoms with Crippen molar-refractivity contribution in [2.45, 2.75) is 18.7 Å². The maximum absolute atomic E-state index is 6.40. The number of hydrazone groups is 1. The number of para-hydroxylation sites is 1. The summed E-state index contributed by atoms with van der Waals surface area (Å²) in [5, 5.41) is 7.09. The lowest BCUT2D eigenvalue weighted by atomic mass is 9.96. The van der Waals surface area contributed by atoms with Crippen LogP contribution in [0.15, 0.2) is 76.3 Å². The molecule has 0 bridgehead atoms. The van der Waals surface area contributed by atoms with E-state index in [-0.39, 0.29) is 12.3 Å². The van der Waals surface area contributed by atoms with Crippen molar-refractivity contribution in [1.29, 1.82) is 0 Å². The fourth-order valence-electron chi connectivity index (χ4n) is 4.07. The van der Waals surface area contributed by atoms with Crippen LogP contribution in [0.3, 0.4) is 0 Å². The molecule has 0 spiro atoms. The first-order valence-electron chi connectivity index (χ1n) is 9.77. The standard InChI is InChI=1S/C24H21BrN2O3/c1-28-22-12-9-16(13-23(22)29-2)19-14-20-18-5-3-4-6-21(18)30-24(27(20)26-19)15-7-10-17(25)11-8-15/h3-13,20,24H,14H2,1-2H3. The lowest BCUT2D eigenvalue weighted by Gasteiger charge is -2.38. The molecule has 2 aliphatic heterocycles. The number of hydrogen-bond acceptors (Lipinski definition) is 5. The van der Waals surface area contributed by atoms with Crippen LogP contribution in [0.1, 0.15) is 35.4 Å². The van der Waals surface area contributed by atoms with E-state index in [4.69, 9.17) is 19.3 Å². The van der Waals surface area contributed by atoms with E-state index in [1.54, 1.807) is 14.2 Å². The average Bonchev–Trinajstić information content (AvgIpc) is 3.24. The third kappa shape index (κ3) is 3.21. The number of benzene rings is 3. The number of methoxy groups -OCH3 is 2. The number of nitrogens with zero attached hydrogens (tertiary/aromatic N) is 2. The highest BCUT2D eigenvalue weighted by molar-refractivity contribution is 9.10. The summed E-state index contributed by atoms with van der Waals surface area (Å²) in [6, 6.07) is 22.5. The first kappa shape index (κ1) is 19.0. The normalized spacial score (nSPS) is 19.4. The average molecular weight is 465 g/mol. The summed E-state index contributed by atoms with van der Waals surface area (Å²) in [5.41, 5.74) is 4.25. The van der Waals surface area contributed by atoms with Gasteiger partial charge in [0.15, 0.2) is 11.5 Å². The second-order valence-electron chi connectivity index (χ2n) is 7.28. The molecule has 0 amide bonds. The van der Waals surface area contributed by atoms with Gasteiger partial charge in [0.1, 0.15) is 5.75 Å². The molecule has 3 aromatic carbocycles. The molecule has 6 heteroatoms. The molecule has 0 aliphatic carbocycles. The molecule has 3 aromatic rings. The van der Waals surface area contributed by atoms with Crippen LogP contribution >= 0.6 is 15.9 Å². The van der Waals surface area contributed by atoms with Gasteiger partial charge in [0, 0.05) is 27.6 Å². The minimum Gasteiger partial charge on any atom is -0.493 e. The van der Waals surface area contributed by atoms with Crippen LogP contribution in [0.5, 0.6) is 17.2 Å². The zero-order valence-corrected chi connectivity index (χ0v) is 18.3.